The third-order valence-corrected chi connectivity index (χ3v) is 5.48. The Labute approximate surface area is 171 Å². The van der Waals surface area contributed by atoms with Gasteiger partial charge in [-0.3, -0.25) is 9.78 Å². The largest absolute Gasteiger partial charge is 0.395 e. The third kappa shape index (κ3) is 4.36. The minimum atomic E-state index is -0.0875. The lowest BCUT2D eigenvalue weighted by Gasteiger charge is -2.47. The summed E-state index contributed by atoms with van der Waals surface area (Å²) in [4.78, 5) is 19.3. The van der Waals surface area contributed by atoms with Gasteiger partial charge in [-0.15, -0.1) is 0 Å². The van der Waals surface area contributed by atoms with Gasteiger partial charge in [-0.2, -0.15) is 0 Å². The van der Waals surface area contributed by atoms with E-state index in [9.17, 15) is 9.90 Å². The Morgan fingerprint density at radius 2 is 1.62 bits per heavy atom. The number of amides is 1. The number of nitrogens with one attached hydrogen (secondary N) is 1. The summed E-state index contributed by atoms with van der Waals surface area (Å²) >= 11 is 0. The summed E-state index contributed by atoms with van der Waals surface area (Å²) in [5.41, 5.74) is 2.70. The van der Waals surface area contributed by atoms with Crippen LogP contribution >= 0.6 is 0 Å². The zero-order valence-corrected chi connectivity index (χ0v) is 16.2. The molecule has 148 valence electrons. The molecule has 5 heteroatoms. The van der Waals surface area contributed by atoms with E-state index in [1.165, 1.54) is 5.56 Å². The zero-order valence-electron chi connectivity index (χ0n) is 16.2. The number of carbonyl (C=O) groups is 1. The number of nitrogens with zero attached hydrogens (tertiary/aromatic N) is 2. The van der Waals surface area contributed by atoms with E-state index < -0.39 is 0 Å². The molecule has 0 aliphatic carbocycles. The summed E-state index contributed by atoms with van der Waals surface area (Å²) < 4.78 is 0. The summed E-state index contributed by atoms with van der Waals surface area (Å²) in [6.07, 6.45) is 1.64. The molecule has 3 aromatic rings. The Hall–Kier alpha value is -3.02. The summed E-state index contributed by atoms with van der Waals surface area (Å²) in [5, 5.41) is 13.2. The van der Waals surface area contributed by atoms with Gasteiger partial charge in [0.15, 0.2) is 0 Å². The molecule has 2 heterocycles. The molecule has 1 amide bonds. The molecular weight excluding hydrogens is 362 g/mol. The Morgan fingerprint density at radius 1 is 0.931 bits per heavy atom. The molecule has 1 saturated heterocycles. The lowest BCUT2D eigenvalue weighted by atomic mass is 9.77. The average Bonchev–Trinajstić information content (AvgIpc) is 2.77. The van der Waals surface area contributed by atoms with Crippen molar-refractivity contribution in [1.82, 2.24) is 15.2 Å². The second-order valence-corrected chi connectivity index (χ2v) is 7.38. The molecule has 0 bridgehead atoms. The SMILES string of the molecule is O=C(c1ccccn1)N(Cc1ccccc1)C[C@@H]1N[C@H](CO)[C@@H]1c1ccccc1. The summed E-state index contributed by atoms with van der Waals surface area (Å²) in [7, 11) is 0. The fourth-order valence-electron chi connectivity index (χ4n) is 4.03. The Balaban J connectivity index is 1.57. The monoisotopic (exact) mass is 387 g/mol. The van der Waals surface area contributed by atoms with Crippen molar-refractivity contribution in [3.8, 4) is 0 Å². The van der Waals surface area contributed by atoms with Crippen molar-refractivity contribution in [2.24, 2.45) is 0 Å². The van der Waals surface area contributed by atoms with Gasteiger partial charge in [0.2, 0.25) is 0 Å². The van der Waals surface area contributed by atoms with Crippen molar-refractivity contribution in [1.29, 1.82) is 0 Å². The molecule has 3 atom stereocenters. The van der Waals surface area contributed by atoms with Crippen molar-refractivity contribution in [3.63, 3.8) is 0 Å². The molecule has 0 unspecified atom stereocenters. The minimum Gasteiger partial charge on any atom is -0.395 e. The maximum absolute atomic E-state index is 13.2. The number of rotatable bonds is 7. The van der Waals surface area contributed by atoms with Gasteiger partial charge < -0.3 is 15.3 Å². The molecule has 0 saturated carbocycles. The van der Waals surface area contributed by atoms with Crippen molar-refractivity contribution in [3.05, 3.63) is 102 Å². The van der Waals surface area contributed by atoms with Crippen LogP contribution in [0.3, 0.4) is 0 Å². The number of aliphatic hydroxyl groups excluding tert-OH is 1. The third-order valence-electron chi connectivity index (χ3n) is 5.48. The van der Waals surface area contributed by atoms with Gasteiger partial charge in [0.1, 0.15) is 5.69 Å². The van der Waals surface area contributed by atoms with Crippen LogP contribution in [0.15, 0.2) is 85.1 Å². The van der Waals surface area contributed by atoms with Gasteiger partial charge in [0, 0.05) is 37.3 Å². The van der Waals surface area contributed by atoms with E-state index in [0.29, 0.717) is 18.8 Å². The van der Waals surface area contributed by atoms with Crippen LogP contribution in [0.5, 0.6) is 0 Å². The molecular formula is C24H25N3O2. The van der Waals surface area contributed by atoms with Crippen molar-refractivity contribution < 1.29 is 9.90 Å². The quantitative estimate of drug-likeness (QED) is 0.654. The number of benzene rings is 2. The van der Waals surface area contributed by atoms with Crippen LogP contribution in [-0.4, -0.2) is 46.1 Å². The number of hydrogen-bond acceptors (Lipinski definition) is 4. The maximum atomic E-state index is 13.2. The molecule has 0 spiro atoms. The Kier molecular flexibility index (Phi) is 5.98. The molecule has 5 nitrogen and oxygen atoms in total. The van der Waals surface area contributed by atoms with E-state index in [2.05, 4.69) is 22.4 Å². The minimum absolute atomic E-state index is 0.00549. The molecule has 1 aromatic heterocycles. The highest BCUT2D eigenvalue weighted by Crippen LogP contribution is 2.32. The van der Waals surface area contributed by atoms with Crippen molar-refractivity contribution in [2.45, 2.75) is 24.5 Å². The second kappa shape index (κ2) is 8.99. The molecule has 4 rings (SSSR count). The van der Waals surface area contributed by atoms with E-state index in [1.54, 1.807) is 12.3 Å². The van der Waals surface area contributed by atoms with Gasteiger partial charge in [0.25, 0.3) is 5.91 Å². The molecule has 2 N–H and O–H groups in total. The Bertz CT molecular complexity index is 919. The number of aromatic nitrogens is 1. The first kappa shape index (κ1) is 19.3. The van der Waals surface area contributed by atoms with Crippen LogP contribution in [0.1, 0.15) is 27.5 Å². The first-order valence-corrected chi connectivity index (χ1v) is 9.92. The standard InChI is InChI=1S/C24H25N3O2/c28-17-22-23(19-11-5-2-6-12-19)21(26-22)16-27(15-18-9-3-1-4-10-18)24(29)20-13-7-8-14-25-20/h1-14,21-23,26,28H,15-17H2/t21-,22+,23+/m0/s1. The van der Waals surface area contributed by atoms with E-state index in [-0.39, 0.29) is 30.5 Å². The van der Waals surface area contributed by atoms with Crippen LogP contribution in [-0.2, 0) is 6.54 Å². The summed E-state index contributed by atoms with van der Waals surface area (Å²) in [6, 6.07) is 25.6. The highest BCUT2D eigenvalue weighted by atomic mass is 16.3. The van der Waals surface area contributed by atoms with Crippen LogP contribution in [0, 0.1) is 0 Å². The van der Waals surface area contributed by atoms with E-state index in [1.807, 2.05) is 65.6 Å². The zero-order chi connectivity index (χ0) is 20.1. The number of carbonyl (C=O) groups excluding carboxylic acids is 1. The lowest BCUT2D eigenvalue weighted by molar-refractivity contribution is 0.0607. The fourth-order valence-corrected chi connectivity index (χ4v) is 4.03. The van der Waals surface area contributed by atoms with Crippen LogP contribution < -0.4 is 5.32 Å². The van der Waals surface area contributed by atoms with Gasteiger partial charge in [-0.1, -0.05) is 66.7 Å². The predicted octanol–water partition coefficient (Wildman–Crippen LogP) is 2.84. The van der Waals surface area contributed by atoms with E-state index in [0.717, 1.165) is 5.56 Å². The van der Waals surface area contributed by atoms with E-state index >= 15 is 0 Å². The molecule has 2 aromatic carbocycles. The highest BCUT2D eigenvalue weighted by molar-refractivity contribution is 5.92. The van der Waals surface area contributed by atoms with Crippen LogP contribution in [0.2, 0.25) is 0 Å². The molecule has 0 radical (unpaired) electrons. The molecule has 1 fully saturated rings. The van der Waals surface area contributed by atoms with Crippen LogP contribution in [0.25, 0.3) is 0 Å². The second-order valence-electron chi connectivity index (χ2n) is 7.38. The summed E-state index contributed by atoms with van der Waals surface area (Å²) in [6.45, 7) is 1.13. The number of hydrogen-bond donors (Lipinski definition) is 2. The Morgan fingerprint density at radius 3 is 2.28 bits per heavy atom. The van der Waals surface area contributed by atoms with Crippen LogP contribution in [0.4, 0.5) is 0 Å². The first-order valence-electron chi connectivity index (χ1n) is 9.92. The van der Waals surface area contributed by atoms with Crippen molar-refractivity contribution >= 4 is 5.91 Å². The van der Waals surface area contributed by atoms with Gasteiger partial charge in [-0.25, -0.2) is 0 Å². The maximum Gasteiger partial charge on any atom is 0.272 e. The van der Waals surface area contributed by atoms with E-state index in [4.69, 9.17) is 0 Å². The fraction of sp³-hybridized carbons (Fsp3) is 0.250. The van der Waals surface area contributed by atoms with Gasteiger partial charge in [0.05, 0.1) is 6.61 Å². The molecule has 1 aliphatic rings. The van der Waals surface area contributed by atoms with Gasteiger partial charge >= 0.3 is 0 Å². The van der Waals surface area contributed by atoms with Gasteiger partial charge in [-0.05, 0) is 23.3 Å². The average molecular weight is 387 g/mol. The number of pyridine rings is 1. The van der Waals surface area contributed by atoms with Crippen molar-refractivity contribution in [2.75, 3.05) is 13.2 Å². The lowest BCUT2D eigenvalue weighted by Crippen LogP contribution is -2.65. The first-order chi connectivity index (χ1) is 14.3. The normalized spacial score (nSPS) is 20.7. The smallest absolute Gasteiger partial charge is 0.272 e. The molecule has 1 aliphatic heterocycles. The predicted molar refractivity (Wildman–Crippen MR) is 112 cm³/mol. The molecule has 29 heavy (non-hydrogen) atoms. The summed E-state index contributed by atoms with van der Waals surface area (Å²) in [5.74, 6) is 0.0755. The number of aliphatic hydroxyl groups is 1. The topological polar surface area (TPSA) is 65.5 Å². The highest BCUT2D eigenvalue weighted by Gasteiger charge is 2.42.